The zero-order valence-electron chi connectivity index (χ0n) is 29.2. The number of allylic oxidation sites excluding steroid dienone is 7. The smallest absolute Gasteiger partial charge is 0.220 e. The Labute approximate surface area is 274 Å². The quantitative estimate of drug-likeness (QED) is 0.0508. The summed E-state index contributed by atoms with van der Waals surface area (Å²) in [4.78, 5) is 12.3. The molecule has 0 saturated carbocycles. The lowest BCUT2D eigenvalue weighted by Gasteiger charge is -2.20. The van der Waals surface area contributed by atoms with E-state index in [0.717, 1.165) is 51.4 Å². The van der Waals surface area contributed by atoms with Crippen LogP contribution in [0.15, 0.2) is 48.6 Å². The number of carbonyl (C=O) groups excluding carboxylic acids is 1. The molecule has 2 unspecified atom stereocenters. The monoisotopic (exact) mass is 616 g/mol. The Morgan fingerprint density at radius 2 is 0.932 bits per heavy atom. The summed E-state index contributed by atoms with van der Waals surface area (Å²) in [5.74, 6) is -0.0796. The van der Waals surface area contributed by atoms with Gasteiger partial charge in [-0.15, -0.1) is 0 Å². The molecule has 0 spiro atoms. The van der Waals surface area contributed by atoms with Gasteiger partial charge >= 0.3 is 0 Å². The van der Waals surface area contributed by atoms with Crippen molar-refractivity contribution in [3.63, 3.8) is 0 Å². The second-order valence-electron chi connectivity index (χ2n) is 12.6. The van der Waals surface area contributed by atoms with Crippen molar-refractivity contribution < 1.29 is 15.0 Å². The molecule has 4 nitrogen and oxygen atoms in total. The molecule has 0 heterocycles. The predicted octanol–water partition coefficient (Wildman–Crippen LogP) is 11.2. The molecule has 0 aromatic rings. The summed E-state index contributed by atoms with van der Waals surface area (Å²) in [5, 5.41) is 22.9. The summed E-state index contributed by atoms with van der Waals surface area (Å²) >= 11 is 0. The van der Waals surface area contributed by atoms with Crippen LogP contribution in [-0.4, -0.2) is 34.9 Å². The lowest BCUT2D eigenvalue weighted by Crippen LogP contribution is -2.45. The van der Waals surface area contributed by atoms with Crippen LogP contribution in [0.25, 0.3) is 0 Å². The molecular formula is C40H73NO3. The summed E-state index contributed by atoms with van der Waals surface area (Å²) < 4.78 is 0. The standard InChI is InChI=1S/C40H73NO3/c1-3-5-7-9-11-13-15-17-18-19-20-21-22-24-26-28-30-32-34-36-40(44)41-38(37-42)39(43)35-33-31-29-27-25-23-16-14-12-10-8-6-4-2/h11,13,17-18,20-21,33,35,38-39,42-43H,3-10,12,14-16,19,22-32,34,36-37H2,1-2H3,(H,41,44)/b13-11-,18-17-,21-20-,35-33+. The molecule has 256 valence electrons. The largest absolute Gasteiger partial charge is 0.394 e. The van der Waals surface area contributed by atoms with Crippen molar-refractivity contribution >= 4 is 5.91 Å². The van der Waals surface area contributed by atoms with Crippen LogP contribution in [0.5, 0.6) is 0 Å². The fourth-order valence-electron chi connectivity index (χ4n) is 5.36. The predicted molar refractivity (Wildman–Crippen MR) is 193 cm³/mol. The van der Waals surface area contributed by atoms with E-state index in [1.165, 1.54) is 109 Å². The summed E-state index contributed by atoms with van der Waals surface area (Å²) in [5.41, 5.74) is 0. The summed E-state index contributed by atoms with van der Waals surface area (Å²) in [6.07, 6.45) is 47.6. The number of amides is 1. The van der Waals surface area contributed by atoms with Crippen molar-refractivity contribution in [1.82, 2.24) is 5.32 Å². The molecule has 0 aromatic carbocycles. The molecule has 1 amide bonds. The van der Waals surface area contributed by atoms with E-state index in [9.17, 15) is 15.0 Å². The third-order valence-corrected chi connectivity index (χ3v) is 8.31. The molecule has 0 aromatic heterocycles. The highest BCUT2D eigenvalue weighted by molar-refractivity contribution is 5.76. The fourth-order valence-corrected chi connectivity index (χ4v) is 5.36. The van der Waals surface area contributed by atoms with Crippen molar-refractivity contribution in [3.05, 3.63) is 48.6 Å². The highest BCUT2D eigenvalue weighted by atomic mass is 16.3. The van der Waals surface area contributed by atoms with Crippen molar-refractivity contribution in [2.75, 3.05) is 6.61 Å². The van der Waals surface area contributed by atoms with Gasteiger partial charge in [-0.2, -0.15) is 0 Å². The maximum Gasteiger partial charge on any atom is 0.220 e. The lowest BCUT2D eigenvalue weighted by molar-refractivity contribution is -0.123. The zero-order chi connectivity index (χ0) is 32.2. The zero-order valence-corrected chi connectivity index (χ0v) is 29.2. The fraction of sp³-hybridized carbons (Fsp3) is 0.775. The van der Waals surface area contributed by atoms with Crippen LogP contribution in [-0.2, 0) is 4.79 Å². The third kappa shape index (κ3) is 31.8. The van der Waals surface area contributed by atoms with Crippen LogP contribution in [0.3, 0.4) is 0 Å². The number of aliphatic hydroxyl groups is 2. The molecular weight excluding hydrogens is 542 g/mol. The van der Waals surface area contributed by atoms with Gasteiger partial charge in [0.2, 0.25) is 5.91 Å². The number of nitrogens with one attached hydrogen (secondary N) is 1. The molecule has 0 aliphatic rings. The molecule has 0 bridgehead atoms. The minimum absolute atomic E-state index is 0.0796. The second kappa shape index (κ2) is 35.8. The average molecular weight is 616 g/mol. The highest BCUT2D eigenvalue weighted by Crippen LogP contribution is 2.13. The second-order valence-corrected chi connectivity index (χ2v) is 12.6. The van der Waals surface area contributed by atoms with Gasteiger partial charge in [0.25, 0.3) is 0 Å². The van der Waals surface area contributed by atoms with E-state index in [1.54, 1.807) is 6.08 Å². The number of hydrogen-bond acceptors (Lipinski definition) is 3. The Bertz CT molecular complexity index is 711. The van der Waals surface area contributed by atoms with Crippen LogP contribution < -0.4 is 5.32 Å². The minimum Gasteiger partial charge on any atom is -0.394 e. The summed E-state index contributed by atoms with van der Waals surface area (Å²) in [7, 11) is 0. The molecule has 0 saturated heterocycles. The maximum atomic E-state index is 12.3. The number of rotatable bonds is 33. The Morgan fingerprint density at radius 3 is 1.43 bits per heavy atom. The molecule has 0 rings (SSSR count). The Morgan fingerprint density at radius 1 is 0.545 bits per heavy atom. The first kappa shape index (κ1) is 42.3. The van der Waals surface area contributed by atoms with Crippen molar-refractivity contribution in [2.45, 2.75) is 193 Å². The van der Waals surface area contributed by atoms with Gasteiger partial charge in [0.15, 0.2) is 0 Å². The van der Waals surface area contributed by atoms with Crippen LogP contribution in [0.1, 0.15) is 181 Å². The molecule has 2 atom stereocenters. The highest BCUT2D eigenvalue weighted by Gasteiger charge is 2.17. The molecule has 0 radical (unpaired) electrons. The van der Waals surface area contributed by atoms with Gasteiger partial charge < -0.3 is 15.5 Å². The number of aliphatic hydroxyl groups excluding tert-OH is 2. The van der Waals surface area contributed by atoms with E-state index in [1.807, 2.05) is 6.08 Å². The van der Waals surface area contributed by atoms with Gasteiger partial charge in [0, 0.05) is 6.42 Å². The topological polar surface area (TPSA) is 69.6 Å². The minimum atomic E-state index is -0.844. The van der Waals surface area contributed by atoms with E-state index in [0.29, 0.717) is 6.42 Å². The number of unbranched alkanes of at least 4 members (excludes halogenated alkanes) is 20. The first-order chi connectivity index (χ1) is 21.7. The summed E-state index contributed by atoms with van der Waals surface area (Å²) in [6.45, 7) is 4.26. The van der Waals surface area contributed by atoms with Gasteiger partial charge in [-0.25, -0.2) is 0 Å². The molecule has 3 N–H and O–H groups in total. The van der Waals surface area contributed by atoms with E-state index in [4.69, 9.17) is 0 Å². The van der Waals surface area contributed by atoms with E-state index in [-0.39, 0.29) is 12.5 Å². The molecule has 0 fully saturated rings. The van der Waals surface area contributed by atoms with Gasteiger partial charge in [0.1, 0.15) is 0 Å². The van der Waals surface area contributed by atoms with Gasteiger partial charge in [-0.3, -0.25) is 4.79 Å². The van der Waals surface area contributed by atoms with E-state index < -0.39 is 12.1 Å². The molecule has 4 heteroatoms. The Hall–Kier alpha value is -1.65. The summed E-state index contributed by atoms with van der Waals surface area (Å²) in [6, 6.07) is -0.628. The van der Waals surface area contributed by atoms with Crippen LogP contribution in [0, 0.1) is 0 Å². The van der Waals surface area contributed by atoms with Gasteiger partial charge in [0.05, 0.1) is 18.8 Å². The Balaban J connectivity index is 3.67. The van der Waals surface area contributed by atoms with Crippen LogP contribution >= 0.6 is 0 Å². The van der Waals surface area contributed by atoms with Gasteiger partial charge in [-0.1, -0.05) is 165 Å². The van der Waals surface area contributed by atoms with Crippen LogP contribution in [0.2, 0.25) is 0 Å². The Kier molecular flexibility index (Phi) is 34.5. The van der Waals surface area contributed by atoms with E-state index in [2.05, 4.69) is 55.6 Å². The SMILES string of the molecule is CCCCC/C=C\C/C=C\C/C=C\CCCCCCCCC(=O)NC(CO)C(O)/C=C/CCCCCCCCCCCCC. The number of hydrogen-bond donors (Lipinski definition) is 3. The molecule has 0 aliphatic carbocycles. The molecule has 44 heavy (non-hydrogen) atoms. The van der Waals surface area contributed by atoms with E-state index >= 15 is 0 Å². The first-order valence-corrected chi connectivity index (χ1v) is 18.9. The number of carbonyl (C=O) groups is 1. The third-order valence-electron chi connectivity index (χ3n) is 8.31. The molecule has 0 aliphatic heterocycles. The lowest BCUT2D eigenvalue weighted by atomic mass is 10.0. The van der Waals surface area contributed by atoms with Crippen molar-refractivity contribution in [1.29, 1.82) is 0 Å². The first-order valence-electron chi connectivity index (χ1n) is 18.9. The van der Waals surface area contributed by atoms with Crippen molar-refractivity contribution in [3.8, 4) is 0 Å². The normalized spacial score (nSPS) is 13.6. The average Bonchev–Trinajstić information content (AvgIpc) is 3.03. The van der Waals surface area contributed by atoms with Gasteiger partial charge in [-0.05, 0) is 57.8 Å². The van der Waals surface area contributed by atoms with Crippen molar-refractivity contribution in [2.24, 2.45) is 0 Å². The maximum absolute atomic E-state index is 12.3. The van der Waals surface area contributed by atoms with Crippen LogP contribution in [0.4, 0.5) is 0 Å².